The lowest BCUT2D eigenvalue weighted by atomic mass is 10.3. The van der Waals surface area contributed by atoms with Crippen molar-refractivity contribution in [1.82, 2.24) is 5.32 Å². The van der Waals surface area contributed by atoms with Gasteiger partial charge in [0, 0.05) is 12.2 Å². The van der Waals surface area contributed by atoms with Gasteiger partial charge < -0.3 is 16.4 Å². The molecule has 4 N–H and O–H groups in total. The first-order chi connectivity index (χ1) is 7.13. The molecular formula is C10H14FN3O. The minimum Gasteiger partial charge on any atom is -0.399 e. The highest BCUT2D eigenvalue weighted by atomic mass is 19.1. The van der Waals surface area contributed by atoms with Gasteiger partial charge in [0.25, 0.3) is 0 Å². The quantitative estimate of drug-likeness (QED) is 0.669. The SMILES string of the molecule is CCCNC(=O)Nc1ccc(N)cc1F. The van der Waals surface area contributed by atoms with Crippen LogP contribution in [0.3, 0.4) is 0 Å². The number of hydrogen-bond donors (Lipinski definition) is 3. The number of urea groups is 1. The minimum absolute atomic E-state index is 0.123. The number of hydrogen-bond acceptors (Lipinski definition) is 2. The molecule has 0 aliphatic rings. The van der Waals surface area contributed by atoms with Gasteiger partial charge in [-0.25, -0.2) is 9.18 Å². The number of carbonyl (C=O) groups is 1. The molecule has 0 aliphatic carbocycles. The van der Waals surface area contributed by atoms with Crippen LogP contribution in [0.15, 0.2) is 18.2 Å². The van der Waals surface area contributed by atoms with E-state index in [0.717, 1.165) is 12.5 Å². The van der Waals surface area contributed by atoms with Gasteiger partial charge in [0.05, 0.1) is 5.69 Å². The Hall–Kier alpha value is -1.78. The highest BCUT2D eigenvalue weighted by Crippen LogP contribution is 2.16. The molecule has 0 bridgehead atoms. The van der Waals surface area contributed by atoms with Crippen LogP contribution in [0.2, 0.25) is 0 Å². The molecule has 0 spiro atoms. The first-order valence-electron chi connectivity index (χ1n) is 4.73. The van der Waals surface area contributed by atoms with Crippen molar-refractivity contribution in [3.8, 4) is 0 Å². The van der Waals surface area contributed by atoms with Gasteiger partial charge in [-0.1, -0.05) is 6.92 Å². The molecule has 82 valence electrons. The van der Waals surface area contributed by atoms with Gasteiger partial charge in [-0.2, -0.15) is 0 Å². The zero-order chi connectivity index (χ0) is 11.3. The van der Waals surface area contributed by atoms with Gasteiger partial charge in [-0.3, -0.25) is 0 Å². The number of amides is 2. The Balaban J connectivity index is 2.60. The number of nitrogens with one attached hydrogen (secondary N) is 2. The number of anilines is 2. The van der Waals surface area contributed by atoms with Crippen molar-refractivity contribution < 1.29 is 9.18 Å². The van der Waals surface area contributed by atoms with E-state index >= 15 is 0 Å². The van der Waals surface area contributed by atoms with Crippen LogP contribution in [0.25, 0.3) is 0 Å². The van der Waals surface area contributed by atoms with Gasteiger partial charge in [0.15, 0.2) is 0 Å². The van der Waals surface area contributed by atoms with Crippen molar-refractivity contribution in [1.29, 1.82) is 0 Å². The molecule has 0 radical (unpaired) electrons. The van der Waals surface area contributed by atoms with E-state index in [9.17, 15) is 9.18 Å². The van der Waals surface area contributed by atoms with Crippen LogP contribution in [0.4, 0.5) is 20.6 Å². The van der Waals surface area contributed by atoms with Gasteiger partial charge in [0.1, 0.15) is 5.82 Å². The molecule has 4 nitrogen and oxygen atoms in total. The Labute approximate surface area is 87.7 Å². The lowest BCUT2D eigenvalue weighted by molar-refractivity contribution is 0.252. The third kappa shape index (κ3) is 3.46. The molecule has 0 fully saturated rings. The van der Waals surface area contributed by atoms with Gasteiger partial charge >= 0.3 is 6.03 Å². The van der Waals surface area contributed by atoms with E-state index < -0.39 is 11.8 Å². The summed E-state index contributed by atoms with van der Waals surface area (Å²) in [4.78, 5) is 11.2. The van der Waals surface area contributed by atoms with Gasteiger partial charge in [-0.05, 0) is 24.6 Å². The second-order valence-corrected chi connectivity index (χ2v) is 3.12. The van der Waals surface area contributed by atoms with Crippen LogP contribution in [0.5, 0.6) is 0 Å². The maximum atomic E-state index is 13.2. The molecular weight excluding hydrogens is 197 g/mol. The van der Waals surface area contributed by atoms with E-state index in [4.69, 9.17) is 5.73 Å². The third-order valence-corrected chi connectivity index (χ3v) is 1.78. The molecule has 0 atom stereocenters. The smallest absolute Gasteiger partial charge is 0.319 e. The van der Waals surface area contributed by atoms with Crippen LogP contribution >= 0.6 is 0 Å². The second kappa shape index (κ2) is 5.19. The average Bonchev–Trinajstić information content (AvgIpc) is 2.19. The Kier molecular flexibility index (Phi) is 3.91. The maximum Gasteiger partial charge on any atom is 0.319 e. The van der Waals surface area contributed by atoms with Crippen LogP contribution in [0.1, 0.15) is 13.3 Å². The van der Waals surface area contributed by atoms with Crippen molar-refractivity contribution in [2.24, 2.45) is 0 Å². The molecule has 1 rings (SSSR count). The fourth-order valence-corrected chi connectivity index (χ4v) is 1.04. The monoisotopic (exact) mass is 211 g/mol. The van der Waals surface area contributed by atoms with Crippen molar-refractivity contribution in [3.63, 3.8) is 0 Å². The van der Waals surface area contributed by atoms with Crippen LogP contribution in [-0.4, -0.2) is 12.6 Å². The lowest BCUT2D eigenvalue weighted by Gasteiger charge is -2.07. The number of halogens is 1. The fourth-order valence-electron chi connectivity index (χ4n) is 1.04. The predicted molar refractivity (Wildman–Crippen MR) is 58.1 cm³/mol. The summed E-state index contributed by atoms with van der Waals surface area (Å²) in [7, 11) is 0. The first-order valence-corrected chi connectivity index (χ1v) is 4.73. The van der Waals surface area contributed by atoms with E-state index in [1.165, 1.54) is 12.1 Å². The van der Waals surface area contributed by atoms with E-state index in [1.54, 1.807) is 0 Å². The number of carbonyl (C=O) groups excluding carboxylic acids is 1. The summed E-state index contributed by atoms with van der Waals surface area (Å²) in [5.74, 6) is -0.540. The molecule has 0 saturated heterocycles. The van der Waals surface area contributed by atoms with Gasteiger partial charge in [0.2, 0.25) is 0 Å². The lowest BCUT2D eigenvalue weighted by Crippen LogP contribution is -2.29. The number of rotatable bonds is 3. The van der Waals surface area contributed by atoms with E-state index in [2.05, 4.69) is 10.6 Å². The zero-order valence-corrected chi connectivity index (χ0v) is 8.51. The van der Waals surface area contributed by atoms with Crippen LogP contribution < -0.4 is 16.4 Å². The highest BCUT2D eigenvalue weighted by Gasteiger charge is 2.05. The maximum absolute atomic E-state index is 13.2. The summed E-state index contributed by atoms with van der Waals surface area (Å²) >= 11 is 0. The van der Waals surface area contributed by atoms with E-state index in [0.29, 0.717) is 12.2 Å². The molecule has 0 aliphatic heterocycles. The third-order valence-electron chi connectivity index (χ3n) is 1.78. The molecule has 1 aromatic rings. The number of benzene rings is 1. The minimum atomic E-state index is -0.540. The molecule has 0 unspecified atom stereocenters. The van der Waals surface area contributed by atoms with Crippen LogP contribution in [0, 0.1) is 5.82 Å². The first kappa shape index (κ1) is 11.3. The highest BCUT2D eigenvalue weighted by molar-refractivity contribution is 5.89. The zero-order valence-electron chi connectivity index (χ0n) is 8.51. The largest absolute Gasteiger partial charge is 0.399 e. The summed E-state index contributed by atoms with van der Waals surface area (Å²) < 4.78 is 13.2. The Morgan fingerprint density at radius 3 is 2.87 bits per heavy atom. The fraction of sp³-hybridized carbons (Fsp3) is 0.300. The standard InChI is InChI=1S/C10H14FN3O/c1-2-5-13-10(15)14-9-4-3-7(12)6-8(9)11/h3-4,6H,2,5,12H2,1H3,(H2,13,14,15). The number of nitrogens with two attached hydrogens (primary N) is 1. The molecule has 0 aromatic heterocycles. The van der Waals surface area contributed by atoms with Crippen molar-refractivity contribution >= 4 is 17.4 Å². The summed E-state index contributed by atoms with van der Waals surface area (Å²) in [6, 6.07) is 3.70. The number of nitrogen functional groups attached to an aromatic ring is 1. The van der Waals surface area contributed by atoms with Crippen molar-refractivity contribution in [2.45, 2.75) is 13.3 Å². The van der Waals surface area contributed by atoms with Crippen molar-refractivity contribution in [2.75, 3.05) is 17.6 Å². The Bertz CT molecular complexity index is 355. The molecule has 2 amide bonds. The summed E-state index contributed by atoms with van der Waals surface area (Å²) in [5, 5.41) is 4.97. The molecule has 0 heterocycles. The second-order valence-electron chi connectivity index (χ2n) is 3.12. The summed E-state index contributed by atoms with van der Waals surface area (Å²) in [6.45, 7) is 2.49. The molecule has 15 heavy (non-hydrogen) atoms. The predicted octanol–water partition coefficient (Wildman–Crippen LogP) is 1.94. The van der Waals surface area contributed by atoms with Gasteiger partial charge in [-0.15, -0.1) is 0 Å². The summed E-state index contributed by atoms with van der Waals surface area (Å²) in [6.07, 6.45) is 0.831. The average molecular weight is 211 g/mol. The molecule has 5 heteroatoms. The molecule has 1 aromatic carbocycles. The summed E-state index contributed by atoms with van der Waals surface area (Å²) in [5.41, 5.74) is 5.82. The normalized spacial score (nSPS) is 9.73. The van der Waals surface area contributed by atoms with Crippen molar-refractivity contribution in [3.05, 3.63) is 24.0 Å². The topological polar surface area (TPSA) is 67.2 Å². The van der Waals surface area contributed by atoms with E-state index in [1.807, 2.05) is 6.92 Å². The Morgan fingerprint density at radius 1 is 1.53 bits per heavy atom. The van der Waals surface area contributed by atoms with E-state index in [-0.39, 0.29) is 5.69 Å². The Morgan fingerprint density at radius 2 is 2.27 bits per heavy atom. The van der Waals surface area contributed by atoms with Crippen LogP contribution in [-0.2, 0) is 0 Å². The molecule has 0 saturated carbocycles.